The van der Waals surface area contributed by atoms with Crippen molar-refractivity contribution in [3.8, 4) is 0 Å². The van der Waals surface area contributed by atoms with E-state index in [2.05, 4.69) is 0 Å². The molecule has 11 N–H and O–H groups in total. The SMILES string of the molecule is O.O=C(O)CC(O)C(=O)O.O=C(O)CC(O)C(=O)O.O=C(O)CC(O)C(=O)O.[NaH]. The van der Waals surface area contributed by atoms with E-state index in [-0.39, 0.29) is 35.0 Å². The number of hydrogen-bond acceptors (Lipinski definition) is 9. The molecule has 0 aromatic rings. The Bertz CT molecular complexity index is 470. The third kappa shape index (κ3) is 30.6. The van der Waals surface area contributed by atoms with E-state index in [0.29, 0.717) is 0 Å². The van der Waals surface area contributed by atoms with Crippen molar-refractivity contribution in [3.05, 3.63) is 0 Å². The Morgan fingerprint density at radius 3 is 0.655 bits per heavy atom. The third-order valence-corrected chi connectivity index (χ3v) is 1.96. The van der Waals surface area contributed by atoms with Gasteiger partial charge in [0.25, 0.3) is 0 Å². The molecule has 0 aromatic heterocycles. The summed E-state index contributed by atoms with van der Waals surface area (Å²) in [5.74, 6) is -8.54. The zero-order valence-corrected chi connectivity index (χ0v) is 13.8. The van der Waals surface area contributed by atoms with Gasteiger partial charge in [-0.2, -0.15) is 0 Å². The van der Waals surface area contributed by atoms with Gasteiger partial charge in [-0.25, -0.2) is 14.4 Å². The fourth-order valence-electron chi connectivity index (χ4n) is 0.758. The first-order chi connectivity index (χ1) is 12.1. The molecule has 3 atom stereocenters. The molecular weight excluding hydrogens is 423 g/mol. The summed E-state index contributed by atoms with van der Waals surface area (Å²) in [6, 6.07) is 0. The number of aliphatic carboxylic acids is 6. The van der Waals surface area contributed by atoms with E-state index in [4.69, 9.17) is 46.0 Å². The number of carboxylic acid groups (broad SMARTS) is 6. The summed E-state index contributed by atoms with van der Waals surface area (Å²) in [5, 5.41) is 72.4. The summed E-state index contributed by atoms with van der Waals surface area (Å²) >= 11 is 0. The van der Waals surface area contributed by atoms with Crippen LogP contribution < -0.4 is 0 Å². The zero-order chi connectivity index (χ0) is 22.3. The van der Waals surface area contributed by atoms with Gasteiger partial charge in [0, 0.05) is 0 Å². The van der Waals surface area contributed by atoms with Crippen LogP contribution in [0.4, 0.5) is 0 Å². The van der Waals surface area contributed by atoms with Crippen molar-refractivity contribution in [2.45, 2.75) is 37.6 Å². The number of aliphatic hydroxyl groups is 3. The summed E-state index contributed by atoms with van der Waals surface area (Å²) in [6.07, 6.45) is -7.63. The van der Waals surface area contributed by atoms with Gasteiger partial charge in [-0.15, -0.1) is 0 Å². The third-order valence-electron chi connectivity index (χ3n) is 1.96. The fourth-order valence-corrected chi connectivity index (χ4v) is 0.758. The van der Waals surface area contributed by atoms with Gasteiger partial charge in [-0.1, -0.05) is 0 Å². The normalized spacial score (nSPS) is 11.7. The Labute approximate surface area is 183 Å². The summed E-state index contributed by atoms with van der Waals surface area (Å²) in [6.45, 7) is 0. The van der Waals surface area contributed by atoms with Crippen LogP contribution in [0.1, 0.15) is 19.3 Å². The van der Waals surface area contributed by atoms with Crippen LogP contribution in [0.15, 0.2) is 0 Å². The molecule has 0 saturated carbocycles. The van der Waals surface area contributed by atoms with Crippen molar-refractivity contribution in [2.24, 2.45) is 0 Å². The predicted octanol–water partition coefficient (Wildman–Crippen LogP) is -4.75. The molecule has 0 rings (SSSR count). The van der Waals surface area contributed by atoms with E-state index < -0.39 is 73.4 Å². The van der Waals surface area contributed by atoms with Crippen molar-refractivity contribution < 1.29 is 80.2 Å². The Hall–Kier alpha value is -2.34. The van der Waals surface area contributed by atoms with Crippen LogP contribution in [0.5, 0.6) is 0 Å². The van der Waals surface area contributed by atoms with Gasteiger partial charge in [0.2, 0.25) is 0 Å². The second kappa shape index (κ2) is 20.4. The first-order valence-electron chi connectivity index (χ1n) is 6.49. The minimum atomic E-state index is -1.79. The molecule has 0 saturated heterocycles. The summed E-state index contributed by atoms with van der Waals surface area (Å²) in [4.78, 5) is 58.2. The molecule has 166 valence electrons. The molecule has 0 fully saturated rings. The van der Waals surface area contributed by atoms with Gasteiger partial charge in [0.15, 0.2) is 18.3 Å². The van der Waals surface area contributed by atoms with Crippen molar-refractivity contribution in [2.75, 3.05) is 0 Å². The maximum absolute atomic E-state index is 9.72. The molecule has 17 heteroatoms. The standard InChI is InChI=1S/3C4H6O5.Na.H2O.H/c3*5-2(4(8)9)1-3(6)7;;;/h3*2,5H,1H2,(H,6,7)(H,8,9);;1H2;. The molecule has 0 spiro atoms. The van der Waals surface area contributed by atoms with Crippen LogP contribution in [0, 0.1) is 0 Å². The second-order valence-corrected chi connectivity index (χ2v) is 4.36. The number of rotatable bonds is 9. The van der Waals surface area contributed by atoms with Gasteiger partial charge < -0.3 is 51.4 Å². The van der Waals surface area contributed by atoms with E-state index in [1.807, 2.05) is 0 Å². The van der Waals surface area contributed by atoms with Crippen molar-refractivity contribution >= 4 is 65.4 Å². The van der Waals surface area contributed by atoms with E-state index in [1.165, 1.54) is 0 Å². The van der Waals surface area contributed by atoms with Crippen molar-refractivity contribution in [1.29, 1.82) is 0 Å². The first-order valence-corrected chi connectivity index (χ1v) is 6.49. The molecule has 0 amide bonds. The molecule has 3 unspecified atom stereocenters. The summed E-state index contributed by atoms with van der Waals surface area (Å²) < 4.78 is 0. The van der Waals surface area contributed by atoms with Gasteiger partial charge in [0.1, 0.15) is 0 Å². The number of hydrogen-bond donors (Lipinski definition) is 9. The average Bonchev–Trinajstić information content (AvgIpc) is 2.46. The average molecular weight is 444 g/mol. The van der Waals surface area contributed by atoms with Gasteiger partial charge in [-0.05, 0) is 0 Å². The molecule has 0 aromatic carbocycles. The molecular formula is C12H21NaO16. The fraction of sp³-hybridized carbons (Fsp3) is 0.500. The van der Waals surface area contributed by atoms with Crippen molar-refractivity contribution in [1.82, 2.24) is 0 Å². The van der Waals surface area contributed by atoms with Crippen LogP contribution in [0.3, 0.4) is 0 Å². The molecule has 0 aliphatic carbocycles. The van der Waals surface area contributed by atoms with E-state index in [1.54, 1.807) is 0 Å². The molecule has 0 aliphatic heterocycles. The van der Waals surface area contributed by atoms with Gasteiger partial charge in [-0.3, -0.25) is 14.4 Å². The second-order valence-electron chi connectivity index (χ2n) is 4.36. The summed E-state index contributed by atoms with van der Waals surface area (Å²) in [7, 11) is 0. The van der Waals surface area contributed by atoms with E-state index in [0.717, 1.165) is 0 Å². The predicted molar refractivity (Wildman–Crippen MR) is 88.4 cm³/mol. The zero-order valence-electron chi connectivity index (χ0n) is 13.8. The molecule has 0 heterocycles. The molecule has 0 aliphatic rings. The monoisotopic (exact) mass is 444 g/mol. The molecule has 0 radical (unpaired) electrons. The minimum absolute atomic E-state index is 0. The Morgan fingerprint density at radius 1 is 0.483 bits per heavy atom. The Morgan fingerprint density at radius 2 is 0.621 bits per heavy atom. The van der Waals surface area contributed by atoms with E-state index >= 15 is 0 Å². The van der Waals surface area contributed by atoms with Crippen LogP contribution in [-0.2, 0) is 28.8 Å². The Balaban J connectivity index is -0.0000000960. The van der Waals surface area contributed by atoms with Crippen LogP contribution >= 0.6 is 0 Å². The molecule has 0 bridgehead atoms. The number of carboxylic acids is 6. The first kappa shape index (κ1) is 37.4. The van der Waals surface area contributed by atoms with Crippen molar-refractivity contribution in [3.63, 3.8) is 0 Å². The number of aliphatic hydroxyl groups excluding tert-OH is 3. The van der Waals surface area contributed by atoms with E-state index in [9.17, 15) is 28.8 Å². The van der Waals surface area contributed by atoms with Gasteiger partial charge >= 0.3 is 65.4 Å². The molecule has 16 nitrogen and oxygen atoms in total. The molecule has 29 heavy (non-hydrogen) atoms. The maximum atomic E-state index is 9.72. The Kier molecular flexibility index (Phi) is 26.3. The van der Waals surface area contributed by atoms with Crippen LogP contribution in [0.2, 0.25) is 0 Å². The summed E-state index contributed by atoms with van der Waals surface area (Å²) in [5.41, 5.74) is 0. The quantitative estimate of drug-likeness (QED) is 0.151. The van der Waals surface area contributed by atoms with Crippen LogP contribution in [-0.4, -0.2) is 135 Å². The van der Waals surface area contributed by atoms with Crippen LogP contribution in [0.25, 0.3) is 0 Å². The van der Waals surface area contributed by atoms with Gasteiger partial charge in [0.05, 0.1) is 19.3 Å². The number of carbonyl (C=O) groups is 6. The topological polar surface area (TPSA) is 316 Å².